The zero-order chi connectivity index (χ0) is 17.1. The second-order valence-corrected chi connectivity index (χ2v) is 5.55. The number of ether oxygens (including phenoxy) is 3. The van der Waals surface area contributed by atoms with E-state index in [-0.39, 0.29) is 5.91 Å². The Morgan fingerprint density at radius 3 is 2.70 bits per heavy atom. The predicted octanol–water partition coefficient (Wildman–Crippen LogP) is 2.90. The maximum atomic E-state index is 11.8. The van der Waals surface area contributed by atoms with E-state index >= 15 is 0 Å². The quantitative estimate of drug-likeness (QED) is 0.532. The van der Waals surface area contributed by atoms with Crippen LogP contribution in [-0.2, 0) is 9.53 Å². The lowest BCUT2D eigenvalue weighted by molar-refractivity contribution is -0.116. The summed E-state index contributed by atoms with van der Waals surface area (Å²) in [6.07, 6.45) is 4.03. The molecule has 1 N–H and O–H groups in total. The molecule has 1 aromatic rings. The lowest BCUT2D eigenvalue weighted by atomic mass is 10.1. The van der Waals surface area contributed by atoms with Crippen molar-refractivity contribution < 1.29 is 19.0 Å². The Bertz CT molecular complexity index is 512. The highest BCUT2D eigenvalue weighted by Gasteiger charge is 2.03. The third-order valence-electron chi connectivity index (χ3n) is 3.07. The summed E-state index contributed by atoms with van der Waals surface area (Å²) < 4.78 is 15.9. The van der Waals surface area contributed by atoms with Gasteiger partial charge >= 0.3 is 0 Å². The highest BCUT2D eigenvalue weighted by Crippen LogP contribution is 2.25. The van der Waals surface area contributed by atoms with E-state index in [0.29, 0.717) is 30.6 Å². The summed E-state index contributed by atoms with van der Waals surface area (Å²) in [7, 11) is 3.19. The number of carbonyl (C=O) groups excluding carboxylic acids is 1. The Hall–Kier alpha value is -2.01. The van der Waals surface area contributed by atoms with Crippen molar-refractivity contribution in [2.75, 3.05) is 34.0 Å². The van der Waals surface area contributed by atoms with Crippen LogP contribution in [-0.4, -0.2) is 39.9 Å². The molecule has 128 valence electrons. The van der Waals surface area contributed by atoms with Crippen molar-refractivity contribution >= 4 is 12.0 Å². The van der Waals surface area contributed by atoms with Gasteiger partial charge in [0.1, 0.15) is 11.5 Å². The number of carbonyl (C=O) groups is 1. The van der Waals surface area contributed by atoms with Crippen molar-refractivity contribution in [2.45, 2.75) is 20.3 Å². The molecule has 23 heavy (non-hydrogen) atoms. The molecule has 0 saturated heterocycles. The van der Waals surface area contributed by atoms with Crippen LogP contribution in [0.4, 0.5) is 0 Å². The van der Waals surface area contributed by atoms with E-state index in [1.807, 2.05) is 12.1 Å². The van der Waals surface area contributed by atoms with Crippen LogP contribution >= 0.6 is 0 Å². The van der Waals surface area contributed by atoms with Gasteiger partial charge in [-0.05, 0) is 30.5 Å². The van der Waals surface area contributed by atoms with Gasteiger partial charge in [0.05, 0.1) is 14.2 Å². The summed E-state index contributed by atoms with van der Waals surface area (Å²) in [6, 6.07) is 5.46. The second kappa shape index (κ2) is 10.7. The summed E-state index contributed by atoms with van der Waals surface area (Å²) in [5, 5.41) is 2.83. The molecule has 0 atom stereocenters. The summed E-state index contributed by atoms with van der Waals surface area (Å²) in [5.41, 5.74) is 0.823. The van der Waals surface area contributed by atoms with Crippen LogP contribution in [0.25, 0.3) is 6.08 Å². The normalized spacial score (nSPS) is 11.0. The monoisotopic (exact) mass is 321 g/mol. The number of hydrogen-bond donors (Lipinski definition) is 1. The highest BCUT2D eigenvalue weighted by atomic mass is 16.5. The Morgan fingerprint density at radius 2 is 2.04 bits per heavy atom. The first-order chi connectivity index (χ1) is 11.1. The number of amides is 1. The second-order valence-electron chi connectivity index (χ2n) is 5.55. The minimum Gasteiger partial charge on any atom is -0.497 e. The smallest absolute Gasteiger partial charge is 0.244 e. The van der Waals surface area contributed by atoms with E-state index in [1.165, 1.54) is 6.08 Å². The number of rotatable bonds is 10. The molecule has 1 rings (SSSR count). The Kier molecular flexibility index (Phi) is 8.83. The fourth-order valence-corrected chi connectivity index (χ4v) is 1.89. The van der Waals surface area contributed by atoms with Gasteiger partial charge in [-0.25, -0.2) is 0 Å². The first-order valence-corrected chi connectivity index (χ1v) is 7.82. The van der Waals surface area contributed by atoms with E-state index in [4.69, 9.17) is 14.2 Å². The fourth-order valence-electron chi connectivity index (χ4n) is 1.89. The van der Waals surface area contributed by atoms with Crippen LogP contribution in [0.1, 0.15) is 25.8 Å². The average molecular weight is 321 g/mol. The Morgan fingerprint density at radius 1 is 1.26 bits per heavy atom. The van der Waals surface area contributed by atoms with Crippen LogP contribution < -0.4 is 14.8 Å². The van der Waals surface area contributed by atoms with Gasteiger partial charge in [-0.15, -0.1) is 0 Å². The number of methoxy groups -OCH3 is 2. The maximum absolute atomic E-state index is 11.8. The molecule has 0 heterocycles. The van der Waals surface area contributed by atoms with Gasteiger partial charge in [0.2, 0.25) is 5.91 Å². The van der Waals surface area contributed by atoms with Crippen molar-refractivity contribution in [1.29, 1.82) is 0 Å². The van der Waals surface area contributed by atoms with Gasteiger partial charge in [0.25, 0.3) is 0 Å². The summed E-state index contributed by atoms with van der Waals surface area (Å²) >= 11 is 0. The van der Waals surface area contributed by atoms with Crippen LogP contribution in [0.2, 0.25) is 0 Å². The number of nitrogens with one attached hydrogen (secondary N) is 1. The first kappa shape index (κ1) is 19.0. The van der Waals surface area contributed by atoms with Gasteiger partial charge < -0.3 is 19.5 Å². The maximum Gasteiger partial charge on any atom is 0.244 e. The molecular formula is C18H27NO4. The van der Waals surface area contributed by atoms with Gasteiger partial charge in [0, 0.05) is 37.5 Å². The van der Waals surface area contributed by atoms with Crippen molar-refractivity contribution in [3.8, 4) is 11.5 Å². The lowest BCUT2D eigenvalue weighted by Gasteiger charge is -2.08. The molecule has 0 fully saturated rings. The molecule has 5 nitrogen and oxygen atoms in total. The van der Waals surface area contributed by atoms with Crippen molar-refractivity contribution in [2.24, 2.45) is 5.92 Å². The van der Waals surface area contributed by atoms with Crippen molar-refractivity contribution in [3.05, 3.63) is 29.8 Å². The Balaban J connectivity index is 2.37. The molecule has 1 aromatic carbocycles. The Labute approximate surface area is 138 Å². The number of hydrogen-bond acceptors (Lipinski definition) is 4. The summed E-state index contributed by atoms with van der Waals surface area (Å²) in [6.45, 7) is 6.24. The first-order valence-electron chi connectivity index (χ1n) is 7.82. The molecule has 0 radical (unpaired) electrons. The molecule has 5 heteroatoms. The van der Waals surface area contributed by atoms with E-state index < -0.39 is 0 Å². The van der Waals surface area contributed by atoms with Crippen LogP contribution in [0.3, 0.4) is 0 Å². The molecule has 0 aliphatic heterocycles. The van der Waals surface area contributed by atoms with Gasteiger partial charge in [-0.1, -0.05) is 13.8 Å². The standard InChI is InChI=1S/C18H27NO4/c1-14(2)13-23-11-5-10-19-18(20)9-7-15-6-8-16(21-3)12-17(15)22-4/h6-9,12,14H,5,10-11,13H2,1-4H3,(H,19,20)/b9-7+. The summed E-state index contributed by atoms with van der Waals surface area (Å²) in [5.74, 6) is 1.78. The van der Waals surface area contributed by atoms with Crippen LogP contribution in [0.5, 0.6) is 11.5 Å². The van der Waals surface area contributed by atoms with Crippen molar-refractivity contribution in [1.82, 2.24) is 5.32 Å². The minimum absolute atomic E-state index is 0.133. The topological polar surface area (TPSA) is 56.8 Å². The highest BCUT2D eigenvalue weighted by molar-refractivity contribution is 5.92. The SMILES string of the molecule is COc1ccc(/C=C/C(=O)NCCCOCC(C)C)c(OC)c1. The summed E-state index contributed by atoms with van der Waals surface area (Å²) in [4.78, 5) is 11.8. The molecule has 0 aliphatic carbocycles. The largest absolute Gasteiger partial charge is 0.497 e. The molecular weight excluding hydrogens is 294 g/mol. The van der Waals surface area contributed by atoms with Gasteiger partial charge in [-0.3, -0.25) is 4.79 Å². The lowest BCUT2D eigenvalue weighted by Crippen LogP contribution is -2.23. The van der Waals surface area contributed by atoms with Gasteiger partial charge in [-0.2, -0.15) is 0 Å². The fraction of sp³-hybridized carbons (Fsp3) is 0.500. The van der Waals surface area contributed by atoms with Gasteiger partial charge in [0.15, 0.2) is 0 Å². The molecule has 0 saturated carbocycles. The molecule has 0 aliphatic rings. The zero-order valence-electron chi connectivity index (χ0n) is 14.4. The minimum atomic E-state index is -0.133. The zero-order valence-corrected chi connectivity index (χ0v) is 14.4. The van der Waals surface area contributed by atoms with E-state index in [2.05, 4.69) is 19.2 Å². The van der Waals surface area contributed by atoms with E-state index in [0.717, 1.165) is 18.6 Å². The average Bonchev–Trinajstić information content (AvgIpc) is 2.55. The van der Waals surface area contributed by atoms with Crippen LogP contribution in [0, 0.1) is 5.92 Å². The van der Waals surface area contributed by atoms with Crippen molar-refractivity contribution in [3.63, 3.8) is 0 Å². The third-order valence-corrected chi connectivity index (χ3v) is 3.07. The molecule has 0 aromatic heterocycles. The molecule has 0 spiro atoms. The van der Waals surface area contributed by atoms with E-state index in [9.17, 15) is 4.79 Å². The third kappa shape index (κ3) is 7.70. The molecule has 0 unspecified atom stereocenters. The molecule has 0 bridgehead atoms. The van der Waals surface area contributed by atoms with E-state index in [1.54, 1.807) is 26.4 Å². The van der Waals surface area contributed by atoms with Crippen LogP contribution in [0.15, 0.2) is 24.3 Å². The number of benzene rings is 1. The predicted molar refractivity (Wildman–Crippen MR) is 91.9 cm³/mol. The molecule has 1 amide bonds.